The lowest BCUT2D eigenvalue weighted by atomic mass is 10.1. The molecular weight excluding hydrogens is 346 g/mol. The molecule has 0 radical (unpaired) electrons. The molecule has 0 fully saturated rings. The van der Waals surface area contributed by atoms with Gasteiger partial charge in [0.15, 0.2) is 0 Å². The van der Waals surface area contributed by atoms with E-state index in [1.807, 2.05) is 37.3 Å². The number of hydrogen-bond donors (Lipinski definition) is 3. The van der Waals surface area contributed by atoms with E-state index in [0.717, 1.165) is 0 Å². The quantitative estimate of drug-likeness (QED) is 0.587. The second kappa shape index (κ2) is 10.7. The van der Waals surface area contributed by atoms with Crippen molar-refractivity contribution in [2.24, 2.45) is 0 Å². The number of rotatable bonds is 9. The number of amides is 2. The number of alkyl carbamates (subject to hydrolysis) is 1. The normalized spacial score (nSPS) is 10.0. The van der Waals surface area contributed by atoms with Crippen LogP contribution in [0.5, 0.6) is 5.75 Å². The first-order valence-corrected chi connectivity index (χ1v) is 8.91. The van der Waals surface area contributed by atoms with E-state index in [2.05, 4.69) is 16.0 Å². The van der Waals surface area contributed by atoms with Crippen molar-refractivity contribution < 1.29 is 19.1 Å². The van der Waals surface area contributed by atoms with Crippen LogP contribution >= 0.6 is 0 Å². The van der Waals surface area contributed by atoms with Crippen molar-refractivity contribution >= 4 is 23.4 Å². The van der Waals surface area contributed by atoms with Crippen LogP contribution in [0.25, 0.3) is 0 Å². The zero-order valence-electron chi connectivity index (χ0n) is 15.6. The Labute approximate surface area is 159 Å². The maximum Gasteiger partial charge on any atom is 0.407 e. The van der Waals surface area contributed by atoms with Crippen LogP contribution in [-0.4, -0.2) is 38.3 Å². The molecule has 0 unspecified atom stereocenters. The average Bonchev–Trinajstić information content (AvgIpc) is 2.67. The fourth-order valence-corrected chi connectivity index (χ4v) is 2.39. The van der Waals surface area contributed by atoms with E-state index in [9.17, 15) is 9.59 Å². The first kappa shape index (κ1) is 20.1. The van der Waals surface area contributed by atoms with Gasteiger partial charge in [-0.2, -0.15) is 0 Å². The minimum atomic E-state index is -0.465. The second-order valence-corrected chi connectivity index (χ2v) is 5.53. The van der Waals surface area contributed by atoms with E-state index < -0.39 is 6.09 Å². The highest BCUT2D eigenvalue weighted by molar-refractivity contribution is 6.08. The van der Waals surface area contributed by atoms with Gasteiger partial charge in [0.2, 0.25) is 0 Å². The number of anilines is 2. The molecular formula is C20H25N3O4. The van der Waals surface area contributed by atoms with Gasteiger partial charge in [-0.15, -0.1) is 0 Å². The van der Waals surface area contributed by atoms with Gasteiger partial charge in [-0.25, -0.2) is 4.79 Å². The Balaban J connectivity index is 2.06. The van der Waals surface area contributed by atoms with Crippen LogP contribution in [0.4, 0.5) is 16.2 Å². The van der Waals surface area contributed by atoms with Gasteiger partial charge in [0.05, 0.1) is 18.8 Å². The molecule has 2 aromatic rings. The SMILES string of the molecule is CCOC(=O)NCCNc1ccc(OCC)cc1C(=O)Nc1ccccc1. The summed E-state index contributed by atoms with van der Waals surface area (Å²) in [4.78, 5) is 24.0. The second-order valence-electron chi connectivity index (χ2n) is 5.53. The van der Waals surface area contributed by atoms with E-state index >= 15 is 0 Å². The van der Waals surface area contributed by atoms with Crippen molar-refractivity contribution in [2.75, 3.05) is 36.9 Å². The molecule has 0 saturated heterocycles. The molecule has 7 heteroatoms. The van der Waals surface area contributed by atoms with Crippen molar-refractivity contribution in [1.29, 1.82) is 0 Å². The Morgan fingerprint density at radius 2 is 1.74 bits per heavy atom. The fourth-order valence-electron chi connectivity index (χ4n) is 2.39. The number of ether oxygens (including phenoxy) is 2. The lowest BCUT2D eigenvalue weighted by molar-refractivity contribution is 0.102. The third-order valence-corrected chi connectivity index (χ3v) is 3.56. The van der Waals surface area contributed by atoms with E-state index in [1.165, 1.54) is 0 Å². The topological polar surface area (TPSA) is 88.7 Å². The van der Waals surface area contributed by atoms with Crippen LogP contribution in [0.3, 0.4) is 0 Å². The lowest BCUT2D eigenvalue weighted by Gasteiger charge is -2.14. The minimum Gasteiger partial charge on any atom is -0.494 e. The zero-order valence-corrected chi connectivity index (χ0v) is 15.6. The molecule has 144 valence electrons. The number of para-hydroxylation sites is 1. The van der Waals surface area contributed by atoms with Gasteiger partial charge in [0.1, 0.15) is 5.75 Å². The van der Waals surface area contributed by atoms with Crippen LogP contribution in [0.1, 0.15) is 24.2 Å². The first-order chi connectivity index (χ1) is 13.1. The number of carbonyl (C=O) groups is 2. The smallest absolute Gasteiger partial charge is 0.407 e. The van der Waals surface area contributed by atoms with Crippen molar-refractivity contribution in [1.82, 2.24) is 5.32 Å². The summed E-state index contributed by atoms with van der Waals surface area (Å²) in [6.07, 6.45) is -0.465. The summed E-state index contributed by atoms with van der Waals surface area (Å²) in [7, 11) is 0. The molecule has 0 bridgehead atoms. The highest BCUT2D eigenvalue weighted by Crippen LogP contribution is 2.23. The predicted molar refractivity (Wildman–Crippen MR) is 106 cm³/mol. The van der Waals surface area contributed by atoms with Crippen LogP contribution in [0, 0.1) is 0 Å². The number of nitrogens with one attached hydrogen (secondary N) is 3. The summed E-state index contributed by atoms with van der Waals surface area (Å²) >= 11 is 0. The fraction of sp³-hybridized carbons (Fsp3) is 0.300. The van der Waals surface area contributed by atoms with Crippen molar-refractivity contribution in [3.05, 3.63) is 54.1 Å². The molecule has 0 aliphatic carbocycles. The summed E-state index contributed by atoms with van der Waals surface area (Å²) < 4.78 is 10.3. The molecule has 0 saturated carbocycles. The Kier molecular flexibility index (Phi) is 7.96. The third-order valence-electron chi connectivity index (χ3n) is 3.56. The molecule has 0 aromatic heterocycles. The van der Waals surface area contributed by atoms with Crippen LogP contribution in [0.15, 0.2) is 48.5 Å². The maximum absolute atomic E-state index is 12.7. The Bertz CT molecular complexity index is 750. The molecule has 27 heavy (non-hydrogen) atoms. The summed E-state index contributed by atoms with van der Waals surface area (Å²) in [5, 5.41) is 8.65. The molecule has 2 rings (SSSR count). The molecule has 2 aromatic carbocycles. The molecule has 0 aliphatic rings. The number of hydrogen-bond acceptors (Lipinski definition) is 5. The van der Waals surface area contributed by atoms with Crippen LogP contribution in [-0.2, 0) is 4.74 Å². The number of benzene rings is 2. The van der Waals surface area contributed by atoms with Crippen molar-refractivity contribution in [2.45, 2.75) is 13.8 Å². The molecule has 7 nitrogen and oxygen atoms in total. The summed E-state index contributed by atoms with van der Waals surface area (Å²) in [5.74, 6) is 0.370. The lowest BCUT2D eigenvalue weighted by Crippen LogP contribution is -2.29. The van der Waals surface area contributed by atoms with E-state index in [1.54, 1.807) is 25.1 Å². The molecule has 0 heterocycles. The Hall–Kier alpha value is -3.22. The van der Waals surface area contributed by atoms with Gasteiger partial charge in [-0.3, -0.25) is 4.79 Å². The molecule has 3 N–H and O–H groups in total. The average molecular weight is 371 g/mol. The summed E-state index contributed by atoms with van der Waals surface area (Å²) in [6.45, 7) is 5.27. The standard InChI is InChI=1S/C20H25N3O4/c1-3-26-16-10-11-18(21-12-13-22-20(25)27-4-2)17(14-16)19(24)23-15-8-6-5-7-9-15/h5-11,14,21H,3-4,12-13H2,1-2H3,(H,22,25)(H,23,24). The van der Waals surface area contributed by atoms with Gasteiger partial charge in [-0.1, -0.05) is 18.2 Å². The monoisotopic (exact) mass is 371 g/mol. The number of carbonyl (C=O) groups excluding carboxylic acids is 2. The maximum atomic E-state index is 12.7. The van der Waals surface area contributed by atoms with Gasteiger partial charge in [0, 0.05) is 24.5 Å². The van der Waals surface area contributed by atoms with Gasteiger partial charge >= 0.3 is 6.09 Å². The Morgan fingerprint density at radius 3 is 2.44 bits per heavy atom. The van der Waals surface area contributed by atoms with Gasteiger partial charge in [0.25, 0.3) is 5.91 Å². The van der Waals surface area contributed by atoms with Gasteiger partial charge in [-0.05, 0) is 44.2 Å². The minimum absolute atomic E-state index is 0.247. The molecule has 0 atom stereocenters. The highest BCUT2D eigenvalue weighted by Gasteiger charge is 2.13. The third kappa shape index (κ3) is 6.54. The van der Waals surface area contributed by atoms with Gasteiger partial charge < -0.3 is 25.4 Å². The van der Waals surface area contributed by atoms with Crippen LogP contribution < -0.4 is 20.7 Å². The zero-order chi connectivity index (χ0) is 19.5. The first-order valence-electron chi connectivity index (χ1n) is 8.91. The highest BCUT2D eigenvalue weighted by atomic mass is 16.5. The largest absolute Gasteiger partial charge is 0.494 e. The summed E-state index contributed by atoms with van der Waals surface area (Å²) in [5.41, 5.74) is 1.82. The van der Waals surface area contributed by atoms with E-state index in [0.29, 0.717) is 49.0 Å². The van der Waals surface area contributed by atoms with E-state index in [4.69, 9.17) is 9.47 Å². The Morgan fingerprint density at radius 1 is 0.963 bits per heavy atom. The predicted octanol–water partition coefficient (Wildman–Crippen LogP) is 3.50. The summed E-state index contributed by atoms with van der Waals surface area (Å²) in [6, 6.07) is 14.5. The molecule has 2 amide bonds. The van der Waals surface area contributed by atoms with Crippen LogP contribution in [0.2, 0.25) is 0 Å². The van der Waals surface area contributed by atoms with Crippen molar-refractivity contribution in [3.8, 4) is 5.75 Å². The van der Waals surface area contributed by atoms with E-state index in [-0.39, 0.29) is 5.91 Å². The molecule has 0 spiro atoms. The van der Waals surface area contributed by atoms with Crippen molar-refractivity contribution in [3.63, 3.8) is 0 Å². The molecule has 0 aliphatic heterocycles.